The number of benzene rings is 1. The molecule has 0 saturated carbocycles. The molecule has 1 aromatic carbocycles. The highest BCUT2D eigenvalue weighted by Crippen LogP contribution is 2.06. The molecule has 1 rings (SSSR count). The van der Waals surface area contributed by atoms with E-state index in [1.165, 1.54) is 50.5 Å². The SMILES string of the molecule is CCCC.CCCCCCc1ccccc1.OCCO. The lowest BCUT2D eigenvalue weighted by atomic mass is 10.1. The van der Waals surface area contributed by atoms with Gasteiger partial charge in [-0.1, -0.05) is 83.2 Å². The molecule has 0 bridgehead atoms. The molecule has 2 heteroatoms. The molecule has 0 aliphatic heterocycles. The molecule has 0 aromatic heterocycles. The maximum absolute atomic E-state index is 7.62. The molecule has 2 nitrogen and oxygen atoms in total. The third-order valence-electron chi connectivity index (χ3n) is 2.76. The van der Waals surface area contributed by atoms with Crippen LogP contribution in [0.2, 0.25) is 0 Å². The van der Waals surface area contributed by atoms with Gasteiger partial charge in [0.2, 0.25) is 0 Å². The third kappa shape index (κ3) is 19.5. The van der Waals surface area contributed by atoms with Gasteiger partial charge in [-0.15, -0.1) is 0 Å². The number of hydrogen-bond donors (Lipinski definition) is 2. The van der Waals surface area contributed by atoms with E-state index in [2.05, 4.69) is 51.1 Å². The molecule has 0 fully saturated rings. The van der Waals surface area contributed by atoms with E-state index < -0.39 is 0 Å². The van der Waals surface area contributed by atoms with Crippen LogP contribution >= 0.6 is 0 Å². The molecule has 0 unspecified atom stereocenters. The summed E-state index contributed by atoms with van der Waals surface area (Å²) >= 11 is 0. The van der Waals surface area contributed by atoms with Gasteiger partial charge in [-0.3, -0.25) is 0 Å². The maximum atomic E-state index is 7.62. The second kappa shape index (κ2) is 20.5. The summed E-state index contributed by atoms with van der Waals surface area (Å²) in [6, 6.07) is 10.7. The standard InChI is InChI=1S/C12H18.C4H10.C2H6O2/c1-2-3-4-6-9-12-10-7-5-8-11-12;1-3-4-2;3-1-2-4/h5,7-8,10-11H,2-4,6,9H2,1H3;3-4H2,1-2H3;3-4H,1-2H2. The lowest BCUT2D eigenvalue weighted by molar-refractivity contribution is 0.186. The summed E-state index contributed by atoms with van der Waals surface area (Å²) in [4.78, 5) is 0. The molecular weight excluding hydrogens is 248 g/mol. The van der Waals surface area contributed by atoms with Crippen molar-refractivity contribution in [1.29, 1.82) is 0 Å². The number of aryl methyl sites for hydroxylation is 1. The highest BCUT2D eigenvalue weighted by atomic mass is 16.3. The monoisotopic (exact) mass is 282 g/mol. The summed E-state index contributed by atoms with van der Waals surface area (Å²) < 4.78 is 0. The molecule has 0 amide bonds. The van der Waals surface area contributed by atoms with Crippen molar-refractivity contribution >= 4 is 0 Å². The Labute approximate surface area is 125 Å². The summed E-state index contributed by atoms with van der Waals surface area (Å²) in [6.45, 7) is 6.36. The first-order valence-corrected chi connectivity index (χ1v) is 8.02. The van der Waals surface area contributed by atoms with Gasteiger partial charge in [0.25, 0.3) is 0 Å². The average Bonchev–Trinajstić information content (AvgIpc) is 2.53. The topological polar surface area (TPSA) is 40.5 Å². The Morgan fingerprint density at radius 2 is 1.25 bits per heavy atom. The van der Waals surface area contributed by atoms with Gasteiger partial charge in [0.1, 0.15) is 0 Å². The first-order valence-electron chi connectivity index (χ1n) is 8.02. The van der Waals surface area contributed by atoms with Gasteiger partial charge in [0, 0.05) is 0 Å². The number of unbranched alkanes of at least 4 members (excludes halogenated alkanes) is 4. The van der Waals surface area contributed by atoms with Gasteiger partial charge < -0.3 is 10.2 Å². The molecule has 0 atom stereocenters. The van der Waals surface area contributed by atoms with Crippen molar-refractivity contribution in [3.63, 3.8) is 0 Å². The summed E-state index contributed by atoms with van der Waals surface area (Å²) in [6.07, 6.45) is 9.33. The third-order valence-corrected chi connectivity index (χ3v) is 2.76. The van der Waals surface area contributed by atoms with Gasteiger partial charge in [-0.2, -0.15) is 0 Å². The number of aliphatic hydroxyl groups excluding tert-OH is 2. The molecule has 0 spiro atoms. The minimum Gasteiger partial charge on any atom is -0.394 e. The Kier molecular flexibility index (Phi) is 21.9. The lowest BCUT2D eigenvalue weighted by Crippen LogP contribution is -1.85. The minimum atomic E-state index is -0.125. The van der Waals surface area contributed by atoms with Gasteiger partial charge >= 0.3 is 0 Å². The fourth-order valence-electron chi connectivity index (χ4n) is 1.40. The zero-order valence-electron chi connectivity index (χ0n) is 13.6. The zero-order chi connectivity index (χ0) is 15.5. The summed E-state index contributed by atoms with van der Waals surface area (Å²) in [5.41, 5.74) is 1.48. The molecular formula is C18H34O2. The lowest BCUT2D eigenvalue weighted by Gasteiger charge is -1.99. The van der Waals surface area contributed by atoms with Gasteiger partial charge in [0.15, 0.2) is 0 Å². The Morgan fingerprint density at radius 3 is 1.65 bits per heavy atom. The van der Waals surface area contributed by atoms with Crippen molar-refractivity contribution in [1.82, 2.24) is 0 Å². The summed E-state index contributed by atoms with van der Waals surface area (Å²) in [7, 11) is 0. The highest BCUT2D eigenvalue weighted by Gasteiger charge is 1.90. The molecule has 0 radical (unpaired) electrons. The van der Waals surface area contributed by atoms with Gasteiger partial charge in [-0.25, -0.2) is 0 Å². The Balaban J connectivity index is 0. The van der Waals surface area contributed by atoms with E-state index in [1.807, 2.05) is 0 Å². The molecule has 2 N–H and O–H groups in total. The van der Waals surface area contributed by atoms with Crippen LogP contribution in [0.3, 0.4) is 0 Å². The largest absolute Gasteiger partial charge is 0.394 e. The molecule has 0 saturated heterocycles. The van der Waals surface area contributed by atoms with E-state index in [4.69, 9.17) is 10.2 Å². The van der Waals surface area contributed by atoms with Crippen LogP contribution in [0.15, 0.2) is 30.3 Å². The van der Waals surface area contributed by atoms with Crippen LogP contribution in [0.4, 0.5) is 0 Å². The van der Waals surface area contributed by atoms with E-state index in [0.29, 0.717) is 0 Å². The highest BCUT2D eigenvalue weighted by molar-refractivity contribution is 5.14. The van der Waals surface area contributed by atoms with Crippen LogP contribution < -0.4 is 0 Å². The van der Waals surface area contributed by atoms with Crippen molar-refractivity contribution < 1.29 is 10.2 Å². The van der Waals surface area contributed by atoms with Crippen molar-refractivity contribution in [2.45, 2.75) is 65.7 Å². The van der Waals surface area contributed by atoms with Crippen molar-refractivity contribution in [2.75, 3.05) is 13.2 Å². The normalized spacial score (nSPS) is 9.05. The summed E-state index contributed by atoms with van der Waals surface area (Å²) in [5, 5.41) is 15.2. The van der Waals surface area contributed by atoms with Crippen molar-refractivity contribution in [3.05, 3.63) is 35.9 Å². The predicted octanol–water partition coefficient (Wildman–Crippen LogP) is 4.59. The van der Waals surface area contributed by atoms with Gasteiger partial charge in [0.05, 0.1) is 13.2 Å². The predicted molar refractivity (Wildman–Crippen MR) is 89.0 cm³/mol. The van der Waals surface area contributed by atoms with Crippen LogP contribution in [0.1, 0.15) is 64.9 Å². The van der Waals surface area contributed by atoms with E-state index >= 15 is 0 Å². The second-order valence-electron chi connectivity index (χ2n) is 4.74. The molecule has 118 valence electrons. The van der Waals surface area contributed by atoms with Crippen LogP contribution in [0.25, 0.3) is 0 Å². The first-order chi connectivity index (χ1) is 9.76. The average molecular weight is 282 g/mol. The number of rotatable bonds is 7. The Morgan fingerprint density at radius 1 is 0.700 bits per heavy atom. The molecule has 1 aromatic rings. The van der Waals surface area contributed by atoms with E-state index in [1.54, 1.807) is 0 Å². The minimum absolute atomic E-state index is 0.125. The smallest absolute Gasteiger partial charge is 0.0662 e. The van der Waals surface area contributed by atoms with Crippen LogP contribution in [-0.4, -0.2) is 23.4 Å². The zero-order valence-corrected chi connectivity index (χ0v) is 13.6. The number of aliphatic hydroxyl groups is 2. The first kappa shape index (κ1) is 21.4. The molecule has 20 heavy (non-hydrogen) atoms. The van der Waals surface area contributed by atoms with E-state index in [-0.39, 0.29) is 13.2 Å². The fraction of sp³-hybridized carbons (Fsp3) is 0.667. The molecule has 0 aliphatic rings. The molecule has 0 aliphatic carbocycles. The fourth-order valence-corrected chi connectivity index (χ4v) is 1.40. The van der Waals surface area contributed by atoms with E-state index in [9.17, 15) is 0 Å². The van der Waals surface area contributed by atoms with E-state index in [0.717, 1.165) is 0 Å². The van der Waals surface area contributed by atoms with Gasteiger partial charge in [-0.05, 0) is 18.4 Å². The Bertz CT molecular complexity index is 239. The van der Waals surface area contributed by atoms with Crippen LogP contribution in [0.5, 0.6) is 0 Å². The quantitative estimate of drug-likeness (QED) is 0.718. The number of hydrogen-bond acceptors (Lipinski definition) is 2. The van der Waals surface area contributed by atoms with Crippen LogP contribution in [0, 0.1) is 0 Å². The van der Waals surface area contributed by atoms with Crippen LogP contribution in [-0.2, 0) is 6.42 Å². The van der Waals surface area contributed by atoms with Crippen molar-refractivity contribution in [2.24, 2.45) is 0 Å². The Hall–Kier alpha value is -0.860. The second-order valence-corrected chi connectivity index (χ2v) is 4.74. The molecule has 0 heterocycles. The summed E-state index contributed by atoms with van der Waals surface area (Å²) in [5.74, 6) is 0. The van der Waals surface area contributed by atoms with Crippen molar-refractivity contribution in [3.8, 4) is 0 Å². The maximum Gasteiger partial charge on any atom is 0.0662 e.